The molecule has 0 aromatic heterocycles. The Labute approximate surface area is 127 Å². The number of hydrogen-bond acceptors (Lipinski definition) is 3. The molecule has 1 aromatic carbocycles. The highest BCUT2D eigenvalue weighted by Crippen LogP contribution is 2.38. The van der Waals surface area contributed by atoms with Gasteiger partial charge >= 0.3 is 0 Å². The van der Waals surface area contributed by atoms with Crippen molar-refractivity contribution in [2.45, 2.75) is 39.7 Å². The second-order valence-corrected chi connectivity index (χ2v) is 6.63. The van der Waals surface area contributed by atoms with E-state index in [-0.39, 0.29) is 17.4 Å². The zero-order valence-corrected chi connectivity index (χ0v) is 13.3. The Morgan fingerprint density at radius 3 is 2.33 bits per heavy atom. The van der Waals surface area contributed by atoms with Crippen LogP contribution in [0.2, 0.25) is 0 Å². The van der Waals surface area contributed by atoms with Gasteiger partial charge in [-0.3, -0.25) is 9.69 Å². The van der Waals surface area contributed by atoms with Crippen molar-refractivity contribution in [1.82, 2.24) is 4.90 Å². The molecule has 0 amide bonds. The van der Waals surface area contributed by atoms with Gasteiger partial charge in [-0.15, -0.1) is 0 Å². The zero-order valence-electron chi connectivity index (χ0n) is 13.3. The van der Waals surface area contributed by atoms with Gasteiger partial charge in [0.25, 0.3) is 6.47 Å². The largest absolute Gasteiger partial charge is 0.483 e. The molecule has 0 radical (unpaired) electrons. The van der Waals surface area contributed by atoms with Gasteiger partial charge in [0.1, 0.15) is 0 Å². The molecule has 0 aliphatic carbocycles. The summed E-state index contributed by atoms with van der Waals surface area (Å²) in [7, 11) is 0. The van der Waals surface area contributed by atoms with Crippen LogP contribution in [-0.4, -0.2) is 35.1 Å². The summed E-state index contributed by atoms with van der Waals surface area (Å²) in [6.45, 7) is 10.3. The van der Waals surface area contributed by atoms with Crippen LogP contribution in [0.5, 0.6) is 0 Å². The molecule has 1 fully saturated rings. The fraction of sp³-hybridized carbons (Fsp3) is 0.529. The fourth-order valence-corrected chi connectivity index (χ4v) is 2.55. The molecule has 1 aromatic rings. The first-order valence-electron chi connectivity index (χ1n) is 7.07. The second kappa shape index (κ2) is 6.73. The van der Waals surface area contributed by atoms with E-state index >= 15 is 0 Å². The minimum Gasteiger partial charge on any atom is -0.483 e. The number of nitriles is 1. The number of carboxylic acid groups (broad SMARTS) is 1. The molecule has 0 spiro atoms. The van der Waals surface area contributed by atoms with E-state index in [2.05, 4.69) is 62.9 Å². The molecule has 1 heterocycles. The Bertz CT molecular complexity index is 520. The molecule has 0 unspecified atom stereocenters. The van der Waals surface area contributed by atoms with Crippen molar-refractivity contribution in [3.8, 4) is 6.07 Å². The Morgan fingerprint density at radius 2 is 1.90 bits per heavy atom. The van der Waals surface area contributed by atoms with Gasteiger partial charge in [-0.2, -0.15) is 5.26 Å². The normalized spacial score (nSPS) is 16.9. The second-order valence-electron chi connectivity index (χ2n) is 6.63. The molecule has 0 bridgehead atoms. The average Bonchev–Trinajstić information content (AvgIpc) is 2.35. The number of hydrogen-bond donors (Lipinski definition) is 1. The summed E-state index contributed by atoms with van der Waals surface area (Å²) >= 11 is 0. The molecule has 2 rings (SSSR count). The molecule has 1 N–H and O–H groups in total. The number of nitrogens with zero attached hydrogens (tertiary/aromatic N) is 2. The van der Waals surface area contributed by atoms with Crippen LogP contribution in [0.1, 0.15) is 31.9 Å². The highest BCUT2D eigenvalue weighted by Gasteiger charge is 2.47. The lowest BCUT2D eigenvalue weighted by Gasteiger charge is -2.52. The summed E-state index contributed by atoms with van der Waals surface area (Å²) in [5.74, 6) is 0. The third-order valence-corrected chi connectivity index (χ3v) is 3.96. The van der Waals surface area contributed by atoms with Crippen LogP contribution in [0, 0.1) is 23.7 Å². The maximum absolute atomic E-state index is 9.50. The van der Waals surface area contributed by atoms with Crippen molar-refractivity contribution in [2.75, 3.05) is 13.1 Å². The van der Waals surface area contributed by atoms with Crippen LogP contribution >= 0.6 is 0 Å². The van der Waals surface area contributed by atoms with E-state index in [1.165, 1.54) is 11.1 Å². The predicted molar refractivity (Wildman–Crippen MR) is 82.9 cm³/mol. The molecule has 21 heavy (non-hydrogen) atoms. The first-order chi connectivity index (χ1) is 9.78. The van der Waals surface area contributed by atoms with Gasteiger partial charge in [0.15, 0.2) is 0 Å². The molecule has 0 saturated carbocycles. The molecule has 1 saturated heterocycles. The molecule has 4 nitrogen and oxygen atoms in total. The van der Waals surface area contributed by atoms with Gasteiger partial charge in [-0.1, -0.05) is 24.3 Å². The molecule has 1 aliphatic heterocycles. The van der Waals surface area contributed by atoms with Gasteiger partial charge in [0.05, 0.1) is 11.5 Å². The highest BCUT2D eigenvalue weighted by atomic mass is 16.3. The van der Waals surface area contributed by atoms with E-state index in [4.69, 9.17) is 9.90 Å². The van der Waals surface area contributed by atoms with Crippen molar-refractivity contribution in [1.29, 1.82) is 5.26 Å². The van der Waals surface area contributed by atoms with E-state index in [1.807, 2.05) is 0 Å². The summed E-state index contributed by atoms with van der Waals surface area (Å²) in [5.41, 5.74) is 2.60. The number of rotatable bonds is 2. The summed E-state index contributed by atoms with van der Waals surface area (Å²) in [6.07, 6.45) is 0.878. The van der Waals surface area contributed by atoms with E-state index in [0.29, 0.717) is 0 Å². The van der Waals surface area contributed by atoms with Gasteiger partial charge in [-0.05, 0) is 45.2 Å². The standard InChI is InChI=1S/C16H22N2.CH2O2/c1-13-7-5-6-8-14(13)9-16(10-17)11-18(12-16)15(2,3)4;2-1-3/h5-8H,9,11-12H2,1-4H3;1H,(H,2,3). The van der Waals surface area contributed by atoms with Crippen molar-refractivity contribution in [3.63, 3.8) is 0 Å². The molecular formula is C17H24N2O2. The van der Waals surface area contributed by atoms with Crippen LogP contribution in [0.3, 0.4) is 0 Å². The van der Waals surface area contributed by atoms with Crippen molar-refractivity contribution in [2.24, 2.45) is 5.41 Å². The lowest BCUT2D eigenvalue weighted by Crippen LogP contribution is -2.62. The molecule has 0 atom stereocenters. The van der Waals surface area contributed by atoms with E-state index in [1.54, 1.807) is 0 Å². The average molecular weight is 288 g/mol. The van der Waals surface area contributed by atoms with E-state index < -0.39 is 0 Å². The van der Waals surface area contributed by atoms with Crippen LogP contribution in [0.25, 0.3) is 0 Å². The summed E-state index contributed by atoms with van der Waals surface area (Å²) < 4.78 is 0. The van der Waals surface area contributed by atoms with E-state index in [9.17, 15) is 5.26 Å². The van der Waals surface area contributed by atoms with Gasteiger partial charge in [0, 0.05) is 18.6 Å². The highest BCUT2D eigenvalue weighted by molar-refractivity contribution is 5.32. The van der Waals surface area contributed by atoms with E-state index in [0.717, 1.165) is 19.5 Å². The number of likely N-dealkylation sites (tertiary alicyclic amines) is 1. The number of benzene rings is 1. The van der Waals surface area contributed by atoms with Gasteiger partial charge in [0.2, 0.25) is 0 Å². The third-order valence-electron chi connectivity index (χ3n) is 3.96. The number of carbonyl (C=O) groups is 1. The SMILES string of the molecule is Cc1ccccc1CC1(C#N)CN(C(C)(C)C)C1.O=CO. The lowest BCUT2D eigenvalue weighted by molar-refractivity contribution is -0.122. The topological polar surface area (TPSA) is 64.3 Å². The predicted octanol–water partition coefficient (Wildman–Crippen LogP) is 2.86. The molecule has 4 heteroatoms. The summed E-state index contributed by atoms with van der Waals surface area (Å²) in [6, 6.07) is 10.9. The Morgan fingerprint density at radius 1 is 1.38 bits per heavy atom. The van der Waals surface area contributed by atoms with Crippen molar-refractivity contribution < 1.29 is 9.90 Å². The maximum atomic E-state index is 9.50. The maximum Gasteiger partial charge on any atom is 0.290 e. The minimum atomic E-state index is -0.250. The monoisotopic (exact) mass is 288 g/mol. The zero-order chi connectivity index (χ0) is 16.1. The van der Waals surface area contributed by atoms with Gasteiger partial charge in [-0.25, -0.2) is 0 Å². The van der Waals surface area contributed by atoms with Crippen molar-refractivity contribution in [3.05, 3.63) is 35.4 Å². The van der Waals surface area contributed by atoms with Crippen LogP contribution in [0.4, 0.5) is 0 Å². The van der Waals surface area contributed by atoms with Crippen molar-refractivity contribution >= 4 is 6.47 Å². The Hall–Kier alpha value is -1.86. The summed E-state index contributed by atoms with van der Waals surface area (Å²) in [5, 5.41) is 16.4. The fourth-order valence-electron chi connectivity index (χ4n) is 2.55. The molecule has 114 valence electrons. The van der Waals surface area contributed by atoms with Crippen LogP contribution < -0.4 is 0 Å². The lowest BCUT2D eigenvalue weighted by atomic mass is 9.73. The third kappa shape index (κ3) is 4.30. The minimum absolute atomic E-state index is 0.173. The Balaban J connectivity index is 0.000000677. The molecular weight excluding hydrogens is 264 g/mol. The quantitative estimate of drug-likeness (QED) is 0.850. The first kappa shape index (κ1) is 17.2. The first-order valence-corrected chi connectivity index (χ1v) is 7.07. The summed E-state index contributed by atoms with van der Waals surface area (Å²) in [4.78, 5) is 10.7. The number of aryl methyl sites for hydroxylation is 1. The Kier molecular flexibility index (Phi) is 5.51. The smallest absolute Gasteiger partial charge is 0.290 e. The van der Waals surface area contributed by atoms with Gasteiger partial charge < -0.3 is 5.11 Å². The molecule has 1 aliphatic rings. The van der Waals surface area contributed by atoms with Crippen LogP contribution in [-0.2, 0) is 11.2 Å². The van der Waals surface area contributed by atoms with Crippen LogP contribution in [0.15, 0.2) is 24.3 Å².